The number of benzene rings is 2. The largest absolute Gasteiger partial charge is 0.497 e. The molecule has 1 amide bonds. The lowest BCUT2D eigenvalue weighted by Crippen LogP contribution is -2.23. The van der Waals surface area contributed by atoms with Crippen molar-refractivity contribution in [2.24, 2.45) is 4.99 Å². The molecular weight excluding hydrogens is 388 g/mol. The van der Waals surface area contributed by atoms with Crippen LogP contribution < -0.4 is 4.74 Å². The molecule has 28 heavy (non-hydrogen) atoms. The lowest BCUT2D eigenvalue weighted by atomic mass is 10.1. The predicted octanol–water partition coefficient (Wildman–Crippen LogP) is 5.66. The molecule has 2 aromatic carbocycles. The average Bonchev–Trinajstić information content (AvgIpc) is 3.30. The monoisotopic (exact) mass is 406 g/mol. The molecule has 1 aliphatic heterocycles. The van der Waals surface area contributed by atoms with Gasteiger partial charge < -0.3 is 4.74 Å². The van der Waals surface area contributed by atoms with Crippen molar-refractivity contribution < 1.29 is 9.53 Å². The van der Waals surface area contributed by atoms with E-state index in [1.54, 1.807) is 30.4 Å². The average molecular weight is 407 g/mol. The second-order valence-electron chi connectivity index (χ2n) is 6.17. The van der Waals surface area contributed by atoms with Gasteiger partial charge in [0.1, 0.15) is 5.75 Å². The van der Waals surface area contributed by atoms with Gasteiger partial charge in [0.2, 0.25) is 0 Å². The van der Waals surface area contributed by atoms with E-state index < -0.39 is 0 Å². The minimum absolute atomic E-state index is 0.0315. The molecule has 6 heteroatoms. The Balaban J connectivity index is 1.58. The standard InChI is InChI=1S/C22H18N2O2S2/c1-24-21(25)20(28-22(24)23-17-8-4-3-5-9-17)13-19-12-16(14-27-19)15-7-6-10-18(11-15)26-2/h3-14H,1-2H3/b20-13-,23-22?. The highest BCUT2D eigenvalue weighted by atomic mass is 32.2. The fourth-order valence-corrected chi connectivity index (χ4v) is 4.68. The number of nitrogens with zero attached hydrogens (tertiary/aromatic N) is 2. The Morgan fingerprint density at radius 1 is 1.04 bits per heavy atom. The van der Waals surface area contributed by atoms with Crippen molar-refractivity contribution in [1.29, 1.82) is 0 Å². The number of rotatable bonds is 4. The summed E-state index contributed by atoms with van der Waals surface area (Å²) in [5.41, 5.74) is 3.04. The molecule has 1 fully saturated rings. The quantitative estimate of drug-likeness (QED) is 0.525. The summed E-state index contributed by atoms with van der Waals surface area (Å²) in [6, 6.07) is 19.7. The van der Waals surface area contributed by atoms with Crippen LogP contribution in [0.5, 0.6) is 5.75 Å². The molecule has 0 N–H and O–H groups in total. The molecule has 0 aliphatic carbocycles. The van der Waals surface area contributed by atoms with Crippen LogP contribution in [0.1, 0.15) is 4.88 Å². The highest BCUT2D eigenvalue weighted by molar-refractivity contribution is 8.18. The third-order valence-corrected chi connectivity index (χ3v) is 6.22. The Morgan fingerprint density at radius 2 is 1.86 bits per heavy atom. The maximum Gasteiger partial charge on any atom is 0.266 e. The van der Waals surface area contributed by atoms with Crippen LogP contribution in [0.4, 0.5) is 5.69 Å². The summed E-state index contributed by atoms with van der Waals surface area (Å²) < 4.78 is 5.30. The molecule has 0 radical (unpaired) electrons. The van der Waals surface area contributed by atoms with Crippen molar-refractivity contribution in [1.82, 2.24) is 4.90 Å². The van der Waals surface area contributed by atoms with Gasteiger partial charge in [0.15, 0.2) is 5.17 Å². The number of amidine groups is 1. The summed E-state index contributed by atoms with van der Waals surface area (Å²) in [7, 11) is 3.42. The van der Waals surface area contributed by atoms with Crippen LogP contribution in [0.2, 0.25) is 0 Å². The van der Waals surface area contributed by atoms with Gasteiger partial charge in [-0.2, -0.15) is 0 Å². The van der Waals surface area contributed by atoms with Crippen LogP contribution in [-0.4, -0.2) is 30.1 Å². The fourth-order valence-electron chi connectivity index (χ4n) is 2.78. The van der Waals surface area contributed by atoms with E-state index in [1.807, 2.05) is 54.6 Å². The van der Waals surface area contributed by atoms with Crippen molar-refractivity contribution in [2.75, 3.05) is 14.2 Å². The number of hydrogen-bond donors (Lipinski definition) is 0. The van der Waals surface area contributed by atoms with Crippen LogP contribution >= 0.6 is 23.1 Å². The molecule has 140 valence electrons. The summed E-state index contributed by atoms with van der Waals surface area (Å²) in [5, 5.41) is 2.78. The van der Waals surface area contributed by atoms with Crippen molar-refractivity contribution in [3.63, 3.8) is 0 Å². The third-order valence-electron chi connectivity index (χ3n) is 4.28. The Bertz CT molecular complexity index is 1070. The second-order valence-corrected chi connectivity index (χ2v) is 8.13. The number of ether oxygens (including phenoxy) is 1. The topological polar surface area (TPSA) is 41.9 Å². The summed E-state index contributed by atoms with van der Waals surface area (Å²) >= 11 is 3.01. The minimum Gasteiger partial charge on any atom is -0.497 e. The minimum atomic E-state index is -0.0315. The number of thioether (sulfide) groups is 1. The number of thiophene rings is 1. The SMILES string of the molecule is COc1cccc(-c2csc(/C=C3\SC(=Nc4ccccc4)N(C)C3=O)c2)c1. The van der Waals surface area contributed by atoms with E-state index in [0.717, 1.165) is 27.4 Å². The molecule has 0 saturated carbocycles. The van der Waals surface area contributed by atoms with Crippen molar-refractivity contribution >= 4 is 45.9 Å². The van der Waals surface area contributed by atoms with E-state index in [4.69, 9.17) is 4.74 Å². The van der Waals surface area contributed by atoms with E-state index in [9.17, 15) is 4.79 Å². The van der Waals surface area contributed by atoms with Gasteiger partial charge in [0.25, 0.3) is 5.91 Å². The summed E-state index contributed by atoms with van der Waals surface area (Å²) in [4.78, 5) is 20.5. The summed E-state index contributed by atoms with van der Waals surface area (Å²) in [5.74, 6) is 0.796. The third kappa shape index (κ3) is 3.88. The first-order chi connectivity index (χ1) is 13.6. The number of para-hydroxylation sites is 1. The maximum absolute atomic E-state index is 12.6. The second kappa shape index (κ2) is 8.04. The Labute approximate surface area is 172 Å². The lowest BCUT2D eigenvalue weighted by Gasteiger charge is -2.06. The highest BCUT2D eigenvalue weighted by Gasteiger charge is 2.30. The molecular formula is C22H18N2O2S2. The first-order valence-electron chi connectivity index (χ1n) is 8.68. The summed E-state index contributed by atoms with van der Waals surface area (Å²) in [6.07, 6.45) is 1.94. The van der Waals surface area contributed by atoms with E-state index in [-0.39, 0.29) is 5.91 Å². The fraction of sp³-hybridized carbons (Fsp3) is 0.0909. The Hall–Kier alpha value is -2.83. The molecule has 0 atom stereocenters. The Morgan fingerprint density at radius 3 is 2.64 bits per heavy atom. The smallest absolute Gasteiger partial charge is 0.266 e. The zero-order valence-electron chi connectivity index (χ0n) is 15.5. The summed E-state index contributed by atoms with van der Waals surface area (Å²) in [6.45, 7) is 0. The molecule has 0 bridgehead atoms. The Kier molecular flexibility index (Phi) is 5.32. The number of hydrogen-bond acceptors (Lipinski definition) is 5. The number of likely N-dealkylation sites (N-methyl/N-ethyl adjacent to an activating group) is 1. The molecule has 4 rings (SSSR count). The van der Waals surface area contributed by atoms with Gasteiger partial charge in [-0.15, -0.1) is 11.3 Å². The maximum atomic E-state index is 12.6. The van der Waals surface area contributed by atoms with Gasteiger partial charge in [-0.05, 0) is 64.7 Å². The van der Waals surface area contributed by atoms with Crippen LogP contribution in [0.15, 0.2) is 75.9 Å². The molecule has 0 spiro atoms. The molecule has 4 nitrogen and oxygen atoms in total. The number of carbonyl (C=O) groups excluding carboxylic acids is 1. The zero-order valence-corrected chi connectivity index (χ0v) is 17.1. The normalized spacial score (nSPS) is 16.9. The molecule has 1 saturated heterocycles. The van der Waals surface area contributed by atoms with Gasteiger partial charge in [0, 0.05) is 11.9 Å². The molecule has 3 aromatic rings. The van der Waals surface area contributed by atoms with E-state index in [0.29, 0.717) is 10.1 Å². The first kappa shape index (κ1) is 18.5. The van der Waals surface area contributed by atoms with Crippen LogP contribution in [0.25, 0.3) is 17.2 Å². The molecule has 1 aliphatic rings. The number of amides is 1. The first-order valence-corrected chi connectivity index (χ1v) is 10.4. The van der Waals surface area contributed by atoms with E-state index >= 15 is 0 Å². The van der Waals surface area contributed by atoms with Crippen molar-refractivity contribution in [3.05, 3.63) is 75.8 Å². The van der Waals surface area contributed by atoms with E-state index in [1.165, 1.54) is 11.8 Å². The van der Waals surface area contributed by atoms with Gasteiger partial charge >= 0.3 is 0 Å². The van der Waals surface area contributed by atoms with Gasteiger partial charge in [-0.25, -0.2) is 4.99 Å². The lowest BCUT2D eigenvalue weighted by molar-refractivity contribution is -0.121. The molecule has 0 unspecified atom stereocenters. The van der Waals surface area contributed by atoms with Crippen LogP contribution in [0, 0.1) is 0 Å². The number of methoxy groups -OCH3 is 1. The van der Waals surface area contributed by atoms with Gasteiger partial charge in [0.05, 0.1) is 17.7 Å². The number of carbonyl (C=O) groups is 1. The highest BCUT2D eigenvalue weighted by Crippen LogP contribution is 2.35. The number of aliphatic imine (C=N–C) groups is 1. The molecule has 1 aromatic heterocycles. The molecule has 2 heterocycles. The van der Waals surface area contributed by atoms with E-state index in [2.05, 4.69) is 22.5 Å². The van der Waals surface area contributed by atoms with Crippen LogP contribution in [0.3, 0.4) is 0 Å². The van der Waals surface area contributed by atoms with Crippen LogP contribution in [-0.2, 0) is 4.79 Å². The van der Waals surface area contributed by atoms with Gasteiger partial charge in [-0.3, -0.25) is 9.69 Å². The van der Waals surface area contributed by atoms with Crippen molar-refractivity contribution in [2.45, 2.75) is 0 Å². The zero-order chi connectivity index (χ0) is 19.5. The predicted molar refractivity (Wildman–Crippen MR) is 118 cm³/mol. The van der Waals surface area contributed by atoms with Gasteiger partial charge in [-0.1, -0.05) is 30.3 Å². The van der Waals surface area contributed by atoms with Crippen molar-refractivity contribution in [3.8, 4) is 16.9 Å².